The first kappa shape index (κ1) is 43.4. The molecule has 96 heavy (non-hydrogen) atoms. The summed E-state index contributed by atoms with van der Waals surface area (Å²) in [5.41, 5.74) is -12.5. The minimum atomic E-state index is -4.74. The van der Waals surface area contributed by atoms with Gasteiger partial charge in [-0.1, -0.05) is 136 Å². The van der Waals surface area contributed by atoms with Gasteiger partial charge in [0.15, 0.2) is 10.3 Å². The topological polar surface area (TPSA) is 117 Å². The zero-order valence-corrected chi connectivity index (χ0v) is 53.8. The van der Waals surface area contributed by atoms with E-state index in [1.54, 1.807) is 0 Å². The number of alkyl halides is 6. The van der Waals surface area contributed by atoms with Gasteiger partial charge in [-0.3, -0.25) is 19.2 Å². The molecule has 22 heteroatoms. The molecule has 0 N–H and O–H groups in total. The van der Waals surface area contributed by atoms with E-state index in [1.165, 1.54) is 6.92 Å². The number of nitrogens with zero attached hydrogens (tertiary/aromatic N) is 8. The Bertz CT molecular complexity index is 5450. The van der Waals surface area contributed by atoms with Crippen LogP contribution in [-0.4, -0.2) is 103 Å². The van der Waals surface area contributed by atoms with E-state index in [1.807, 2.05) is 0 Å². The summed E-state index contributed by atoms with van der Waals surface area (Å²) in [5.74, 6) is -5.16. The van der Waals surface area contributed by atoms with Crippen LogP contribution in [0.25, 0.3) is 22.3 Å². The second kappa shape index (κ2) is 32.9. The van der Waals surface area contributed by atoms with Crippen molar-refractivity contribution < 1.29 is 83.1 Å². The average molecular weight is 1390 g/mol. The third kappa shape index (κ3) is 18.8. The number of hydrogen-bond acceptors (Lipinski definition) is 10. The molecule has 0 radical (unpaired) electrons. The minimum absolute atomic E-state index is 0.00306. The Kier molecular flexibility index (Phi) is 14.9. The molecule has 0 spiro atoms. The molecule has 0 saturated carbocycles. The van der Waals surface area contributed by atoms with Crippen molar-refractivity contribution >= 4 is 35.3 Å². The molecule has 10 rings (SSSR count). The highest BCUT2D eigenvalue weighted by atomic mass is 32.2. The number of carbonyl (C=O) groups excluding carboxylic acids is 2. The number of carbonyl (C=O) groups is 2. The van der Waals surface area contributed by atoms with Gasteiger partial charge in [0.25, 0.3) is 11.1 Å². The molecule has 2 heterocycles. The Morgan fingerprint density at radius 2 is 0.948 bits per heavy atom. The summed E-state index contributed by atoms with van der Waals surface area (Å²) in [4.78, 5) is 65.1. The molecular formula is C74H80F8N8O4S2. The molecule has 0 saturated heterocycles. The Morgan fingerprint density at radius 1 is 0.531 bits per heavy atom. The lowest BCUT2D eigenvalue weighted by molar-refractivity contribution is -0.138. The monoisotopic (exact) mass is 1390 g/mol. The lowest BCUT2D eigenvalue weighted by atomic mass is 9.98. The number of fused-ring (bicyclic) bond motifs is 2. The van der Waals surface area contributed by atoms with Gasteiger partial charge >= 0.3 is 12.4 Å². The molecule has 6 aromatic carbocycles. The van der Waals surface area contributed by atoms with Crippen molar-refractivity contribution in [2.24, 2.45) is 0 Å². The van der Waals surface area contributed by atoms with Crippen molar-refractivity contribution in [1.82, 2.24) is 38.7 Å². The van der Waals surface area contributed by atoms with Crippen molar-refractivity contribution in [3.8, 4) is 22.3 Å². The Morgan fingerprint density at radius 3 is 1.38 bits per heavy atom. The summed E-state index contributed by atoms with van der Waals surface area (Å²) in [6.07, 6.45) is -8.91. The number of halogens is 8. The molecule has 0 unspecified atom stereocenters. The second-order valence-corrected chi connectivity index (χ2v) is 22.6. The van der Waals surface area contributed by atoms with E-state index < -0.39 is 205 Å². The van der Waals surface area contributed by atoms with Gasteiger partial charge in [-0.25, -0.2) is 8.78 Å². The number of rotatable bonds is 26. The van der Waals surface area contributed by atoms with Crippen LogP contribution in [-0.2, 0) is 85.1 Å². The van der Waals surface area contributed by atoms with Gasteiger partial charge < -0.3 is 28.7 Å². The van der Waals surface area contributed by atoms with Crippen LogP contribution in [0.4, 0.5) is 35.1 Å². The highest BCUT2D eigenvalue weighted by molar-refractivity contribution is 7.98. The number of hydrogen-bond donors (Lipinski definition) is 0. The van der Waals surface area contributed by atoms with Crippen LogP contribution in [0.2, 0.25) is 0 Å². The van der Waals surface area contributed by atoms with Crippen LogP contribution >= 0.6 is 23.5 Å². The first-order valence-electron chi connectivity index (χ1n) is 43.4. The molecule has 0 bridgehead atoms. The maximum Gasteiger partial charge on any atom is 0.416 e. The third-order valence-electron chi connectivity index (χ3n) is 14.8. The first-order chi connectivity index (χ1) is 56.4. The maximum absolute atomic E-state index is 15.1. The van der Waals surface area contributed by atoms with Crippen molar-refractivity contribution in [2.45, 2.75) is 140 Å². The minimum Gasteiger partial charge on any atom is -0.336 e. The van der Waals surface area contributed by atoms with Crippen molar-refractivity contribution in [1.29, 1.82) is 0 Å². The number of thioether (sulfide) groups is 2. The Balaban J connectivity index is 0.000000281. The summed E-state index contributed by atoms with van der Waals surface area (Å²) in [5, 5.41) is -1.41. The summed E-state index contributed by atoms with van der Waals surface area (Å²) in [6, 6.07) is 10.2. The summed E-state index contributed by atoms with van der Waals surface area (Å²) >= 11 is 0.357. The zero-order valence-electron chi connectivity index (χ0n) is 80.2. The Labute approximate surface area is 603 Å². The maximum atomic E-state index is 15.1. The van der Waals surface area contributed by atoms with Gasteiger partial charge in [0.2, 0.25) is 11.8 Å². The fourth-order valence-electron chi connectivity index (χ4n) is 9.74. The molecule has 0 atom stereocenters. The molecule has 0 aliphatic heterocycles. The van der Waals surface area contributed by atoms with E-state index in [9.17, 15) is 60.5 Å². The normalized spacial score (nSPS) is 18.8. The van der Waals surface area contributed by atoms with Crippen molar-refractivity contribution in [3.63, 3.8) is 0 Å². The molecule has 2 aliphatic carbocycles. The predicted octanol–water partition coefficient (Wildman–Crippen LogP) is 15.1. The zero-order chi connectivity index (χ0) is 93.8. The van der Waals surface area contributed by atoms with Crippen LogP contribution in [0.1, 0.15) is 146 Å². The lowest BCUT2D eigenvalue weighted by Gasteiger charge is -2.28. The highest BCUT2D eigenvalue weighted by Gasteiger charge is 2.32. The van der Waals surface area contributed by atoms with Crippen LogP contribution in [0.3, 0.4) is 0 Å². The molecule has 0 fully saturated rings. The average Bonchev–Trinajstić information content (AvgIpc) is 0.763. The van der Waals surface area contributed by atoms with Gasteiger partial charge in [-0.05, 0) is 183 Å². The van der Waals surface area contributed by atoms with Gasteiger partial charge in [-0.15, -0.1) is 0 Å². The first-order valence-corrected chi connectivity index (χ1v) is 31.0. The molecular weight excluding hydrogens is 1280 g/mol. The number of amides is 2. The van der Waals surface area contributed by atoms with Gasteiger partial charge in [-0.2, -0.15) is 36.3 Å². The summed E-state index contributed by atoms with van der Waals surface area (Å²) in [6.45, 7) is -26.9. The summed E-state index contributed by atoms with van der Waals surface area (Å²) < 4.78 is 357. The SMILES string of the molecule is [2H]c1c([2H])c(-c2ccc(C(F)(F)F)cc2)c([2H])c(C)c1CN(C(=O)C([2H])([2H])n1c(SC([2H])([2H])c2ccc(F)cc2)nc(=O)c2c1CCC2)C([2H])([2H])C([2H])([2H])N(C([2H])([2H])C)C([2H])([2H])C.[2H]c1c([2H])c(C([2H])([2H])N(CCN(C([2H])([2H])C)C([2H])([2H])C)C(=O)C([2H])([2H])n2c(SC([2H])([2H])c3ccc(F)cc3)nc(=O)c3c2CCC3)c(C)c([2H])c1-c1ccc(C(F)(F)F)cc1. The van der Waals surface area contributed by atoms with Crippen molar-refractivity contribution in [2.75, 3.05) is 52.1 Å². The number of aromatic nitrogens is 4. The molecule has 2 aromatic heterocycles. The molecule has 508 valence electrons. The quantitative estimate of drug-likeness (QED) is 0.0295. The molecule has 2 amide bonds. The van der Waals surface area contributed by atoms with E-state index in [2.05, 4.69) is 9.97 Å². The van der Waals surface area contributed by atoms with Gasteiger partial charge in [0, 0.05) is 92.2 Å². The van der Waals surface area contributed by atoms with Gasteiger partial charge in [0.05, 0.1) is 30.3 Å². The van der Waals surface area contributed by atoms with E-state index in [0.29, 0.717) is 52.1 Å². The van der Waals surface area contributed by atoms with E-state index >= 15 is 4.79 Å². The molecule has 2 aliphatic rings. The van der Waals surface area contributed by atoms with Crippen LogP contribution in [0.5, 0.6) is 0 Å². The number of likely N-dealkylation sites (N-methyl/N-ethyl adjacent to an activating group) is 2. The van der Waals surface area contributed by atoms with E-state index in [4.69, 9.17) is 27.4 Å². The lowest BCUT2D eigenvalue weighted by Crippen LogP contribution is -2.40. The van der Waals surface area contributed by atoms with Crippen LogP contribution < -0.4 is 11.1 Å². The Hall–Kier alpha value is -7.92. The predicted molar refractivity (Wildman–Crippen MR) is 363 cm³/mol. The second-order valence-electron chi connectivity index (χ2n) is 21.1. The largest absolute Gasteiger partial charge is 0.416 e. The van der Waals surface area contributed by atoms with Crippen LogP contribution in [0, 0.1) is 25.5 Å². The van der Waals surface area contributed by atoms with Crippen LogP contribution in [0.15, 0.2) is 153 Å². The third-order valence-corrected chi connectivity index (χ3v) is 16.4. The fourth-order valence-corrected chi connectivity index (χ4v) is 11.2. The fraction of sp³-hybridized carbons (Fsp3) is 0.378. The number of benzene rings is 6. The molecule has 8 aromatic rings. The van der Waals surface area contributed by atoms with Gasteiger partial charge in [0.1, 0.15) is 24.6 Å². The summed E-state index contributed by atoms with van der Waals surface area (Å²) in [7, 11) is 0. The highest BCUT2D eigenvalue weighted by Crippen LogP contribution is 2.35. The van der Waals surface area contributed by atoms with Crippen molar-refractivity contribution in [3.05, 3.63) is 233 Å². The van der Waals surface area contributed by atoms with E-state index in [0.717, 1.165) is 93.6 Å². The standard InChI is InChI=1S/2C37H40F4N4O2S/c2*1-4-43(5-2)19-20-44(22-29-12-11-28(21-25(29)3)27-13-15-30(16-14-27)37(39,40)41)34(46)23-45-33-8-6-7-32(33)35(47)42-36(45)48-24-26-9-17-31(38)18-10-26/h2*9-18,21H,4-8,19-20,22-24H2,1-3H3/i4D2,5D2,11D,12D,19D2,20D2,21D,23D2,24D2;4D2,5D2,11D,12D,21D,22D2,23D2,24D2. The van der Waals surface area contributed by atoms with E-state index in [-0.39, 0.29) is 144 Å². The smallest absolute Gasteiger partial charge is 0.336 e. The molecule has 12 nitrogen and oxygen atoms in total.